The zero-order valence-electron chi connectivity index (χ0n) is 9.92. The minimum atomic E-state index is 0.506. The number of anilines is 1. The smallest absolute Gasteiger partial charge is 0.225 e. The molecule has 6 heteroatoms. The lowest BCUT2D eigenvalue weighted by molar-refractivity contribution is 0.461. The van der Waals surface area contributed by atoms with Crippen LogP contribution in [-0.2, 0) is 7.05 Å². The van der Waals surface area contributed by atoms with Crippen LogP contribution < -0.4 is 10.1 Å². The predicted octanol–water partition coefficient (Wildman–Crippen LogP) is 1.82. The summed E-state index contributed by atoms with van der Waals surface area (Å²) in [5, 5.41) is 7.12. The summed E-state index contributed by atoms with van der Waals surface area (Å²) in [5.41, 5.74) is 0. The summed E-state index contributed by atoms with van der Waals surface area (Å²) >= 11 is 0. The van der Waals surface area contributed by atoms with Gasteiger partial charge in [0.15, 0.2) is 5.75 Å². The van der Waals surface area contributed by atoms with Gasteiger partial charge in [0.2, 0.25) is 11.8 Å². The molecule has 0 aliphatic rings. The number of hydrogen-bond acceptors (Lipinski definition) is 5. The maximum atomic E-state index is 5.55. The molecule has 2 heterocycles. The Balaban J connectivity index is 2.05. The highest BCUT2D eigenvalue weighted by atomic mass is 16.5. The molecule has 0 amide bonds. The minimum Gasteiger partial charge on any atom is -0.436 e. The molecule has 0 radical (unpaired) electrons. The van der Waals surface area contributed by atoms with Crippen LogP contribution in [0.25, 0.3) is 0 Å². The second kappa shape index (κ2) is 5.29. The summed E-state index contributed by atoms with van der Waals surface area (Å²) in [5.74, 6) is 1.74. The first-order valence-corrected chi connectivity index (χ1v) is 5.51. The molecule has 0 bridgehead atoms. The largest absolute Gasteiger partial charge is 0.436 e. The number of rotatable bonds is 5. The van der Waals surface area contributed by atoms with E-state index >= 15 is 0 Å². The second-order valence-corrected chi connectivity index (χ2v) is 3.60. The van der Waals surface area contributed by atoms with Gasteiger partial charge in [-0.15, -0.1) is 0 Å². The van der Waals surface area contributed by atoms with E-state index in [9.17, 15) is 0 Å². The van der Waals surface area contributed by atoms with Gasteiger partial charge in [-0.05, 0) is 6.42 Å². The van der Waals surface area contributed by atoms with Gasteiger partial charge in [0.1, 0.15) is 0 Å². The van der Waals surface area contributed by atoms with Crippen molar-refractivity contribution < 1.29 is 4.74 Å². The molecule has 0 saturated carbocycles. The quantitative estimate of drug-likeness (QED) is 0.853. The SMILES string of the molecule is CCCNc1nccc(Oc2cnn(C)c2)n1. The van der Waals surface area contributed by atoms with E-state index in [0.717, 1.165) is 13.0 Å². The monoisotopic (exact) mass is 233 g/mol. The van der Waals surface area contributed by atoms with E-state index in [1.54, 1.807) is 29.3 Å². The third-order valence-electron chi connectivity index (χ3n) is 2.07. The Bertz CT molecular complexity index is 482. The fourth-order valence-electron chi connectivity index (χ4n) is 1.29. The number of ether oxygens (including phenoxy) is 1. The summed E-state index contributed by atoms with van der Waals surface area (Å²) in [6.07, 6.45) is 6.11. The van der Waals surface area contributed by atoms with E-state index in [2.05, 4.69) is 27.3 Å². The topological polar surface area (TPSA) is 64.9 Å². The van der Waals surface area contributed by atoms with Crippen molar-refractivity contribution in [1.82, 2.24) is 19.7 Å². The molecule has 2 aromatic heterocycles. The molecule has 1 N–H and O–H groups in total. The Labute approximate surface area is 99.7 Å². The molecule has 0 spiro atoms. The Morgan fingerprint density at radius 2 is 2.35 bits per heavy atom. The lowest BCUT2D eigenvalue weighted by Gasteiger charge is -2.05. The summed E-state index contributed by atoms with van der Waals surface area (Å²) in [4.78, 5) is 8.33. The molecule has 17 heavy (non-hydrogen) atoms. The van der Waals surface area contributed by atoms with Crippen molar-refractivity contribution in [2.24, 2.45) is 7.05 Å². The molecule has 0 fully saturated rings. The molecular formula is C11H15N5O. The Morgan fingerprint density at radius 3 is 3.06 bits per heavy atom. The number of aromatic nitrogens is 4. The number of hydrogen-bond donors (Lipinski definition) is 1. The van der Waals surface area contributed by atoms with Crippen LogP contribution in [0.2, 0.25) is 0 Å². The fraction of sp³-hybridized carbons (Fsp3) is 0.364. The third-order valence-corrected chi connectivity index (χ3v) is 2.07. The van der Waals surface area contributed by atoms with Crippen molar-refractivity contribution in [2.45, 2.75) is 13.3 Å². The van der Waals surface area contributed by atoms with Gasteiger partial charge < -0.3 is 10.1 Å². The highest BCUT2D eigenvalue weighted by molar-refractivity contribution is 5.29. The zero-order chi connectivity index (χ0) is 12.1. The maximum Gasteiger partial charge on any atom is 0.225 e. The normalized spacial score (nSPS) is 10.2. The van der Waals surface area contributed by atoms with Crippen LogP contribution in [0.15, 0.2) is 24.7 Å². The van der Waals surface area contributed by atoms with E-state index in [1.807, 2.05) is 7.05 Å². The van der Waals surface area contributed by atoms with Crippen LogP contribution in [0, 0.1) is 0 Å². The molecule has 2 aromatic rings. The maximum absolute atomic E-state index is 5.55. The van der Waals surface area contributed by atoms with E-state index < -0.39 is 0 Å². The zero-order valence-corrected chi connectivity index (χ0v) is 9.92. The molecular weight excluding hydrogens is 218 g/mol. The van der Waals surface area contributed by atoms with Crippen molar-refractivity contribution in [1.29, 1.82) is 0 Å². The Morgan fingerprint density at radius 1 is 1.47 bits per heavy atom. The summed E-state index contributed by atoms with van der Waals surface area (Å²) in [6, 6.07) is 1.71. The van der Waals surface area contributed by atoms with Crippen LogP contribution >= 0.6 is 0 Å². The number of aryl methyl sites for hydroxylation is 1. The lowest BCUT2D eigenvalue weighted by atomic mass is 10.5. The summed E-state index contributed by atoms with van der Waals surface area (Å²) in [6.45, 7) is 2.93. The van der Waals surface area contributed by atoms with Gasteiger partial charge in [-0.25, -0.2) is 4.98 Å². The van der Waals surface area contributed by atoms with Gasteiger partial charge in [0.25, 0.3) is 0 Å². The molecule has 0 unspecified atom stereocenters. The average Bonchev–Trinajstić information content (AvgIpc) is 2.73. The first-order valence-electron chi connectivity index (χ1n) is 5.51. The number of nitrogens with one attached hydrogen (secondary N) is 1. The average molecular weight is 233 g/mol. The molecule has 0 saturated heterocycles. The van der Waals surface area contributed by atoms with Crippen LogP contribution in [0.3, 0.4) is 0 Å². The Kier molecular flexibility index (Phi) is 3.54. The highest BCUT2D eigenvalue weighted by Gasteiger charge is 2.02. The van der Waals surface area contributed by atoms with Crippen LogP contribution in [0.1, 0.15) is 13.3 Å². The lowest BCUT2D eigenvalue weighted by Crippen LogP contribution is -2.04. The highest BCUT2D eigenvalue weighted by Crippen LogP contribution is 2.18. The van der Waals surface area contributed by atoms with Crippen LogP contribution in [0.4, 0.5) is 5.95 Å². The van der Waals surface area contributed by atoms with Crippen molar-refractivity contribution in [3.8, 4) is 11.6 Å². The van der Waals surface area contributed by atoms with Crippen molar-refractivity contribution in [2.75, 3.05) is 11.9 Å². The van der Waals surface area contributed by atoms with Gasteiger partial charge in [0, 0.05) is 25.9 Å². The molecule has 0 aliphatic carbocycles. The first kappa shape index (κ1) is 11.4. The molecule has 2 rings (SSSR count). The third kappa shape index (κ3) is 3.17. The van der Waals surface area contributed by atoms with Crippen molar-refractivity contribution in [3.63, 3.8) is 0 Å². The Hall–Kier alpha value is -2.11. The standard InChI is InChI=1S/C11H15N5O/c1-3-5-12-11-13-6-4-10(15-11)17-9-7-14-16(2)8-9/h4,6-8H,3,5H2,1-2H3,(H,12,13,15). The van der Waals surface area contributed by atoms with Gasteiger partial charge >= 0.3 is 0 Å². The van der Waals surface area contributed by atoms with Gasteiger partial charge in [0.05, 0.1) is 12.4 Å². The van der Waals surface area contributed by atoms with Crippen LogP contribution in [-0.4, -0.2) is 26.3 Å². The molecule has 90 valence electrons. The second-order valence-electron chi connectivity index (χ2n) is 3.60. The van der Waals surface area contributed by atoms with E-state index in [4.69, 9.17) is 4.74 Å². The summed E-state index contributed by atoms with van der Waals surface area (Å²) in [7, 11) is 1.83. The van der Waals surface area contributed by atoms with E-state index in [1.165, 1.54) is 0 Å². The van der Waals surface area contributed by atoms with Gasteiger partial charge in [-0.1, -0.05) is 6.92 Å². The fourth-order valence-corrected chi connectivity index (χ4v) is 1.29. The predicted molar refractivity (Wildman–Crippen MR) is 64.1 cm³/mol. The minimum absolute atomic E-state index is 0.506. The van der Waals surface area contributed by atoms with Gasteiger partial charge in [-0.2, -0.15) is 10.1 Å². The first-order chi connectivity index (χ1) is 8.28. The molecule has 0 aromatic carbocycles. The van der Waals surface area contributed by atoms with E-state index in [-0.39, 0.29) is 0 Å². The number of nitrogens with zero attached hydrogens (tertiary/aromatic N) is 4. The molecule has 0 atom stereocenters. The summed E-state index contributed by atoms with van der Waals surface area (Å²) < 4.78 is 7.22. The van der Waals surface area contributed by atoms with Crippen LogP contribution in [0.5, 0.6) is 11.6 Å². The van der Waals surface area contributed by atoms with Gasteiger partial charge in [-0.3, -0.25) is 4.68 Å². The molecule has 6 nitrogen and oxygen atoms in total. The van der Waals surface area contributed by atoms with E-state index in [0.29, 0.717) is 17.6 Å². The van der Waals surface area contributed by atoms with Crippen molar-refractivity contribution >= 4 is 5.95 Å². The van der Waals surface area contributed by atoms with Crippen molar-refractivity contribution in [3.05, 3.63) is 24.7 Å². The molecule has 0 aliphatic heterocycles.